The van der Waals surface area contributed by atoms with Crippen molar-refractivity contribution in [2.24, 2.45) is 0 Å². The van der Waals surface area contributed by atoms with Gasteiger partial charge in [-0.05, 0) is 67.1 Å². The molecule has 0 fully saturated rings. The summed E-state index contributed by atoms with van der Waals surface area (Å²) in [7, 11) is 0. The zero-order chi connectivity index (χ0) is 21.1. The SMILES string of the molecule is CCOc1ccc(NC(=O)C(=O)c2c(-c3ccc(F)cc3)cc3ccccn23)cc1. The molecule has 0 atom stereocenters. The number of fused-ring (bicyclic) bond motifs is 1. The summed E-state index contributed by atoms with van der Waals surface area (Å²) in [5, 5.41) is 2.63. The predicted molar refractivity (Wildman–Crippen MR) is 113 cm³/mol. The average molecular weight is 402 g/mol. The lowest BCUT2D eigenvalue weighted by Gasteiger charge is -2.09. The Kier molecular flexibility index (Phi) is 5.30. The van der Waals surface area contributed by atoms with Gasteiger partial charge < -0.3 is 14.5 Å². The van der Waals surface area contributed by atoms with Crippen LogP contribution >= 0.6 is 0 Å². The smallest absolute Gasteiger partial charge is 0.298 e. The normalized spacial score (nSPS) is 10.7. The van der Waals surface area contributed by atoms with E-state index < -0.39 is 11.7 Å². The van der Waals surface area contributed by atoms with E-state index in [0.29, 0.717) is 29.2 Å². The van der Waals surface area contributed by atoms with Gasteiger partial charge in [0.25, 0.3) is 11.7 Å². The quantitative estimate of drug-likeness (QED) is 0.366. The van der Waals surface area contributed by atoms with Crippen molar-refractivity contribution in [2.45, 2.75) is 6.92 Å². The van der Waals surface area contributed by atoms with Crippen LogP contribution in [-0.2, 0) is 4.79 Å². The van der Waals surface area contributed by atoms with E-state index in [-0.39, 0.29) is 11.5 Å². The third kappa shape index (κ3) is 3.80. The molecule has 30 heavy (non-hydrogen) atoms. The molecule has 2 heterocycles. The van der Waals surface area contributed by atoms with Crippen molar-refractivity contribution in [3.63, 3.8) is 0 Å². The van der Waals surface area contributed by atoms with E-state index in [1.165, 1.54) is 12.1 Å². The topological polar surface area (TPSA) is 59.8 Å². The maximum Gasteiger partial charge on any atom is 0.298 e. The van der Waals surface area contributed by atoms with E-state index in [4.69, 9.17) is 4.74 Å². The number of carbonyl (C=O) groups excluding carboxylic acids is 2. The van der Waals surface area contributed by atoms with Crippen LogP contribution in [0.15, 0.2) is 79.0 Å². The number of benzene rings is 2. The summed E-state index contributed by atoms with van der Waals surface area (Å²) in [6, 6.07) is 19.9. The molecule has 1 amide bonds. The van der Waals surface area contributed by atoms with Gasteiger partial charge in [0.05, 0.1) is 6.61 Å². The van der Waals surface area contributed by atoms with Gasteiger partial charge in [0.15, 0.2) is 0 Å². The fourth-order valence-corrected chi connectivity index (χ4v) is 3.30. The first-order valence-corrected chi connectivity index (χ1v) is 9.51. The van der Waals surface area contributed by atoms with Crippen LogP contribution in [0.5, 0.6) is 5.75 Å². The highest BCUT2D eigenvalue weighted by molar-refractivity contribution is 6.47. The standard InChI is InChI=1S/C24H19FN2O3/c1-2-30-20-12-10-18(11-13-20)26-24(29)23(28)22-21(16-6-8-17(25)9-7-16)15-19-5-3-4-14-27(19)22/h3-15H,2H2,1H3,(H,26,29). The maximum atomic E-state index is 13.4. The number of ketones is 1. The van der Waals surface area contributed by atoms with Crippen LogP contribution in [0.1, 0.15) is 17.4 Å². The summed E-state index contributed by atoms with van der Waals surface area (Å²) in [4.78, 5) is 25.9. The number of nitrogens with one attached hydrogen (secondary N) is 1. The molecular formula is C24H19FN2O3. The van der Waals surface area contributed by atoms with Crippen LogP contribution in [0.25, 0.3) is 16.6 Å². The fourth-order valence-electron chi connectivity index (χ4n) is 3.30. The number of aromatic nitrogens is 1. The van der Waals surface area contributed by atoms with E-state index in [1.54, 1.807) is 53.1 Å². The van der Waals surface area contributed by atoms with Crippen LogP contribution in [0, 0.1) is 5.82 Å². The zero-order valence-electron chi connectivity index (χ0n) is 16.3. The van der Waals surface area contributed by atoms with E-state index in [0.717, 1.165) is 5.52 Å². The molecule has 2 aromatic heterocycles. The van der Waals surface area contributed by atoms with Crippen molar-refractivity contribution in [1.82, 2.24) is 4.40 Å². The van der Waals surface area contributed by atoms with Gasteiger partial charge in [0.2, 0.25) is 0 Å². The van der Waals surface area contributed by atoms with Crippen LogP contribution in [0.4, 0.5) is 10.1 Å². The van der Waals surface area contributed by atoms with Crippen LogP contribution < -0.4 is 10.1 Å². The van der Waals surface area contributed by atoms with E-state index in [9.17, 15) is 14.0 Å². The highest BCUT2D eigenvalue weighted by atomic mass is 19.1. The first-order valence-electron chi connectivity index (χ1n) is 9.51. The lowest BCUT2D eigenvalue weighted by atomic mass is 10.0. The Bertz CT molecular complexity index is 1210. The zero-order valence-corrected chi connectivity index (χ0v) is 16.3. The first kappa shape index (κ1) is 19.4. The van der Waals surface area contributed by atoms with E-state index >= 15 is 0 Å². The molecule has 0 aliphatic heterocycles. The molecule has 6 heteroatoms. The van der Waals surface area contributed by atoms with Gasteiger partial charge in [-0.1, -0.05) is 18.2 Å². The molecule has 150 valence electrons. The lowest BCUT2D eigenvalue weighted by Crippen LogP contribution is -2.24. The number of hydrogen-bond acceptors (Lipinski definition) is 3. The van der Waals surface area contributed by atoms with Crippen molar-refractivity contribution in [3.8, 4) is 16.9 Å². The Morgan fingerprint density at radius 3 is 2.43 bits per heavy atom. The number of rotatable bonds is 6. The lowest BCUT2D eigenvalue weighted by molar-refractivity contribution is -0.112. The molecule has 0 aliphatic carbocycles. The summed E-state index contributed by atoms with van der Waals surface area (Å²) in [6.07, 6.45) is 1.72. The minimum absolute atomic E-state index is 0.223. The summed E-state index contributed by atoms with van der Waals surface area (Å²) in [6.45, 7) is 2.42. The van der Waals surface area contributed by atoms with Gasteiger partial charge in [0.1, 0.15) is 17.3 Å². The number of anilines is 1. The molecule has 0 saturated carbocycles. The molecule has 1 N–H and O–H groups in total. The number of hydrogen-bond donors (Lipinski definition) is 1. The number of ether oxygens (including phenoxy) is 1. The second-order valence-corrected chi connectivity index (χ2v) is 6.65. The van der Waals surface area contributed by atoms with Crippen molar-refractivity contribution < 1.29 is 18.7 Å². The average Bonchev–Trinajstić information content (AvgIpc) is 3.14. The number of nitrogens with zero attached hydrogens (tertiary/aromatic N) is 1. The summed E-state index contributed by atoms with van der Waals surface area (Å²) < 4.78 is 20.4. The van der Waals surface area contributed by atoms with Crippen molar-refractivity contribution >= 4 is 22.9 Å². The van der Waals surface area contributed by atoms with Gasteiger partial charge in [-0.25, -0.2) is 4.39 Å². The van der Waals surface area contributed by atoms with Gasteiger partial charge >= 0.3 is 0 Å². The molecule has 2 aromatic carbocycles. The van der Waals surface area contributed by atoms with Gasteiger partial charge in [-0.15, -0.1) is 0 Å². The molecule has 0 bridgehead atoms. The highest BCUT2D eigenvalue weighted by Gasteiger charge is 2.24. The molecule has 0 unspecified atom stereocenters. The molecule has 0 spiro atoms. The minimum Gasteiger partial charge on any atom is -0.494 e. The second kappa shape index (κ2) is 8.21. The number of halogens is 1. The monoisotopic (exact) mass is 402 g/mol. The Balaban J connectivity index is 1.69. The number of pyridine rings is 1. The van der Waals surface area contributed by atoms with E-state index in [1.807, 2.05) is 25.1 Å². The van der Waals surface area contributed by atoms with Crippen molar-refractivity contribution in [3.05, 3.63) is 90.5 Å². The minimum atomic E-state index is -0.758. The van der Waals surface area contributed by atoms with Crippen molar-refractivity contribution in [2.75, 3.05) is 11.9 Å². The molecule has 0 radical (unpaired) electrons. The largest absolute Gasteiger partial charge is 0.494 e. The summed E-state index contributed by atoms with van der Waals surface area (Å²) in [5.74, 6) is -1.14. The van der Waals surface area contributed by atoms with Gasteiger partial charge in [-0.2, -0.15) is 0 Å². The second-order valence-electron chi connectivity index (χ2n) is 6.65. The Labute approximate surface area is 172 Å². The summed E-state index contributed by atoms with van der Waals surface area (Å²) in [5.41, 5.74) is 2.68. The van der Waals surface area contributed by atoms with E-state index in [2.05, 4.69) is 5.32 Å². The molecule has 4 rings (SSSR count). The predicted octanol–water partition coefficient (Wildman–Crippen LogP) is 4.97. The van der Waals surface area contributed by atoms with Gasteiger partial charge in [0, 0.05) is 23.0 Å². The number of amides is 1. The molecule has 5 nitrogen and oxygen atoms in total. The first-order chi connectivity index (χ1) is 14.6. The Morgan fingerprint density at radius 2 is 1.73 bits per heavy atom. The van der Waals surface area contributed by atoms with Crippen LogP contribution in [0.3, 0.4) is 0 Å². The van der Waals surface area contributed by atoms with Crippen LogP contribution in [0.2, 0.25) is 0 Å². The molecule has 0 aliphatic rings. The molecule has 0 saturated heterocycles. The third-order valence-corrected chi connectivity index (χ3v) is 4.68. The number of Topliss-reactive ketones (excluding diaryl/α,β-unsaturated/α-hetero) is 1. The molecular weight excluding hydrogens is 383 g/mol. The number of carbonyl (C=O) groups is 2. The Morgan fingerprint density at radius 1 is 1.00 bits per heavy atom. The highest BCUT2D eigenvalue weighted by Crippen LogP contribution is 2.29. The van der Waals surface area contributed by atoms with Crippen molar-refractivity contribution in [1.29, 1.82) is 0 Å². The summed E-state index contributed by atoms with van der Waals surface area (Å²) >= 11 is 0. The maximum absolute atomic E-state index is 13.4. The fraction of sp³-hybridized carbons (Fsp3) is 0.0833. The van der Waals surface area contributed by atoms with Gasteiger partial charge in [-0.3, -0.25) is 9.59 Å². The third-order valence-electron chi connectivity index (χ3n) is 4.68. The Hall–Kier alpha value is -3.93. The van der Waals surface area contributed by atoms with Crippen LogP contribution in [-0.4, -0.2) is 22.7 Å². The molecule has 4 aromatic rings.